The van der Waals surface area contributed by atoms with E-state index < -0.39 is 0 Å². The molecule has 0 aliphatic rings. The highest BCUT2D eigenvalue weighted by atomic mass is 16.5. The highest BCUT2D eigenvalue weighted by molar-refractivity contribution is 5.79. The summed E-state index contributed by atoms with van der Waals surface area (Å²) in [6.45, 7) is 3.24. The standard InChI is InChI=1S/C21H26N6O2/c1-15(29-19-9-5-8-18(11-19)28-3)12-23-21(22-2)24-13-16-6-4-7-17(10-16)20-25-14-26-27-20/h4-11,14-15H,12-13H2,1-3H3,(H2,22,23,24)(H,25,26,27). The number of nitrogens with zero attached hydrogens (tertiary/aromatic N) is 3. The van der Waals surface area contributed by atoms with Gasteiger partial charge in [0.25, 0.3) is 0 Å². The number of nitrogens with one attached hydrogen (secondary N) is 3. The summed E-state index contributed by atoms with van der Waals surface area (Å²) in [5, 5.41) is 13.4. The van der Waals surface area contributed by atoms with Crippen LogP contribution >= 0.6 is 0 Å². The van der Waals surface area contributed by atoms with Gasteiger partial charge >= 0.3 is 0 Å². The molecule has 29 heavy (non-hydrogen) atoms. The molecule has 0 amide bonds. The largest absolute Gasteiger partial charge is 0.497 e. The smallest absolute Gasteiger partial charge is 0.191 e. The number of aliphatic imine (C=N–C) groups is 1. The lowest BCUT2D eigenvalue weighted by molar-refractivity contribution is 0.223. The van der Waals surface area contributed by atoms with Crippen LogP contribution in [0.1, 0.15) is 12.5 Å². The van der Waals surface area contributed by atoms with Crippen molar-refractivity contribution in [3.8, 4) is 22.9 Å². The second kappa shape index (κ2) is 10.1. The van der Waals surface area contributed by atoms with Crippen molar-refractivity contribution in [1.29, 1.82) is 0 Å². The maximum atomic E-state index is 5.93. The quantitative estimate of drug-likeness (QED) is 0.401. The van der Waals surface area contributed by atoms with Gasteiger partial charge in [0.1, 0.15) is 23.9 Å². The van der Waals surface area contributed by atoms with Crippen molar-refractivity contribution in [3.05, 3.63) is 60.4 Å². The fraction of sp³-hybridized carbons (Fsp3) is 0.286. The van der Waals surface area contributed by atoms with E-state index in [9.17, 15) is 0 Å². The van der Waals surface area contributed by atoms with Crippen LogP contribution in [0.3, 0.4) is 0 Å². The average Bonchev–Trinajstić information content (AvgIpc) is 3.29. The number of guanidine groups is 1. The molecule has 0 bridgehead atoms. The van der Waals surface area contributed by atoms with Crippen LogP contribution in [-0.2, 0) is 6.54 Å². The number of rotatable bonds is 8. The fourth-order valence-electron chi connectivity index (χ4n) is 2.77. The number of aromatic nitrogens is 3. The van der Waals surface area contributed by atoms with Gasteiger partial charge in [0.05, 0.1) is 13.7 Å². The number of hydrogen-bond donors (Lipinski definition) is 3. The molecule has 1 heterocycles. The molecule has 8 nitrogen and oxygen atoms in total. The molecule has 3 N–H and O–H groups in total. The van der Waals surface area contributed by atoms with Crippen molar-refractivity contribution in [3.63, 3.8) is 0 Å². The van der Waals surface area contributed by atoms with Crippen LogP contribution in [0.25, 0.3) is 11.4 Å². The Labute approximate surface area is 170 Å². The van der Waals surface area contributed by atoms with Gasteiger partial charge in [-0.05, 0) is 30.7 Å². The maximum absolute atomic E-state index is 5.93. The number of aromatic amines is 1. The van der Waals surface area contributed by atoms with E-state index in [1.165, 1.54) is 6.33 Å². The molecule has 3 aromatic rings. The van der Waals surface area contributed by atoms with E-state index in [1.54, 1.807) is 14.2 Å². The van der Waals surface area contributed by atoms with Crippen LogP contribution in [-0.4, -0.2) is 47.9 Å². The second-order valence-corrected chi connectivity index (χ2v) is 6.45. The molecule has 0 aliphatic heterocycles. The van der Waals surface area contributed by atoms with Crippen LogP contribution in [0.15, 0.2) is 59.9 Å². The minimum atomic E-state index is -0.0459. The third kappa shape index (κ3) is 5.97. The van der Waals surface area contributed by atoms with E-state index in [1.807, 2.05) is 43.3 Å². The van der Waals surface area contributed by atoms with Crippen LogP contribution in [0.4, 0.5) is 0 Å². The Balaban J connectivity index is 1.49. The van der Waals surface area contributed by atoms with E-state index in [2.05, 4.69) is 42.9 Å². The molecular weight excluding hydrogens is 368 g/mol. The van der Waals surface area contributed by atoms with E-state index in [0.29, 0.717) is 19.0 Å². The lowest BCUT2D eigenvalue weighted by atomic mass is 10.1. The summed E-state index contributed by atoms with van der Waals surface area (Å²) >= 11 is 0. The number of ether oxygens (including phenoxy) is 2. The molecule has 0 fully saturated rings. The van der Waals surface area contributed by atoms with Gasteiger partial charge in [-0.1, -0.05) is 24.3 Å². The first kappa shape index (κ1) is 20.2. The zero-order valence-corrected chi connectivity index (χ0v) is 16.8. The van der Waals surface area contributed by atoms with Crippen molar-refractivity contribution in [2.24, 2.45) is 4.99 Å². The maximum Gasteiger partial charge on any atom is 0.191 e. The number of H-pyrrole nitrogens is 1. The normalized spacial score (nSPS) is 12.3. The Bertz CT molecular complexity index is 926. The molecule has 0 radical (unpaired) electrons. The summed E-state index contributed by atoms with van der Waals surface area (Å²) in [6, 6.07) is 15.7. The summed E-state index contributed by atoms with van der Waals surface area (Å²) in [5.41, 5.74) is 2.10. The zero-order chi connectivity index (χ0) is 20.5. The summed E-state index contributed by atoms with van der Waals surface area (Å²) < 4.78 is 11.2. The molecule has 1 atom stereocenters. The first-order valence-corrected chi connectivity index (χ1v) is 9.38. The molecule has 1 aromatic heterocycles. The molecule has 0 aliphatic carbocycles. The molecule has 1 unspecified atom stereocenters. The third-order valence-electron chi connectivity index (χ3n) is 4.23. The first-order valence-electron chi connectivity index (χ1n) is 9.38. The van der Waals surface area contributed by atoms with Gasteiger partial charge < -0.3 is 20.1 Å². The van der Waals surface area contributed by atoms with Crippen molar-refractivity contribution in [1.82, 2.24) is 25.8 Å². The van der Waals surface area contributed by atoms with Gasteiger partial charge in [0, 0.05) is 25.2 Å². The number of hydrogen-bond acceptors (Lipinski definition) is 5. The van der Waals surface area contributed by atoms with Crippen LogP contribution in [0.2, 0.25) is 0 Å². The van der Waals surface area contributed by atoms with Gasteiger partial charge in [0.15, 0.2) is 11.8 Å². The summed E-state index contributed by atoms with van der Waals surface area (Å²) in [4.78, 5) is 8.46. The van der Waals surface area contributed by atoms with E-state index in [4.69, 9.17) is 9.47 Å². The van der Waals surface area contributed by atoms with E-state index in [-0.39, 0.29) is 6.10 Å². The third-order valence-corrected chi connectivity index (χ3v) is 4.23. The fourth-order valence-corrected chi connectivity index (χ4v) is 2.77. The van der Waals surface area contributed by atoms with Crippen LogP contribution in [0, 0.1) is 0 Å². The van der Waals surface area contributed by atoms with Crippen molar-refractivity contribution in [2.45, 2.75) is 19.6 Å². The molecule has 0 spiro atoms. The van der Waals surface area contributed by atoms with E-state index >= 15 is 0 Å². The van der Waals surface area contributed by atoms with Crippen LogP contribution in [0.5, 0.6) is 11.5 Å². The monoisotopic (exact) mass is 394 g/mol. The Hall–Kier alpha value is -3.55. The summed E-state index contributed by atoms with van der Waals surface area (Å²) in [7, 11) is 3.38. The van der Waals surface area contributed by atoms with Crippen molar-refractivity contribution < 1.29 is 9.47 Å². The Morgan fingerprint density at radius 2 is 1.97 bits per heavy atom. The SMILES string of the molecule is CN=C(NCc1cccc(-c2ncn[nH]2)c1)NCC(C)Oc1cccc(OC)c1. The predicted octanol–water partition coefficient (Wildman–Crippen LogP) is 2.61. The first-order chi connectivity index (χ1) is 14.2. The Kier molecular flexibility index (Phi) is 7.05. The number of benzene rings is 2. The predicted molar refractivity (Wildman–Crippen MR) is 113 cm³/mol. The van der Waals surface area contributed by atoms with Gasteiger partial charge in [-0.2, -0.15) is 5.10 Å². The van der Waals surface area contributed by atoms with Gasteiger partial charge in [0.2, 0.25) is 0 Å². The second-order valence-electron chi connectivity index (χ2n) is 6.45. The highest BCUT2D eigenvalue weighted by Gasteiger charge is 2.07. The van der Waals surface area contributed by atoms with Gasteiger partial charge in [-0.25, -0.2) is 4.98 Å². The molecule has 3 rings (SSSR count). The minimum Gasteiger partial charge on any atom is -0.497 e. The summed E-state index contributed by atoms with van der Waals surface area (Å²) in [6.07, 6.45) is 1.45. The number of methoxy groups -OCH3 is 1. The van der Waals surface area contributed by atoms with Gasteiger partial charge in [-0.3, -0.25) is 10.1 Å². The Morgan fingerprint density at radius 1 is 1.14 bits per heavy atom. The Morgan fingerprint density at radius 3 is 2.72 bits per heavy atom. The molecule has 8 heteroatoms. The average molecular weight is 394 g/mol. The lowest BCUT2D eigenvalue weighted by Crippen LogP contribution is -2.41. The van der Waals surface area contributed by atoms with E-state index in [0.717, 1.165) is 28.5 Å². The lowest BCUT2D eigenvalue weighted by Gasteiger charge is -2.18. The molecule has 0 saturated heterocycles. The molecule has 0 saturated carbocycles. The van der Waals surface area contributed by atoms with Crippen molar-refractivity contribution in [2.75, 3.05) is 20.7 Å². The summed E-state index contributed by atoms with van der Waals surface area (Å²) in [5.74, 6) is 2.99. The van der Waals surface area contributed by atoms with Gasteiger partial charge in [-0.15, -0.1) is 0 Å². The molecule has 2 aromatic carbocycles. The van der Waals surface area contributed by atoms with Crippen molar-refractivity contribution >= 4 is 5.96 Å². The minimum absolute atomic E-state index is 0.0459. The topological polar surface area (TPSA) is 96.5 Å². The molecule has 152 valence electrons. The molecular formula is C21H26N6O2. The van der Waals surface area contributed by atoms with Crippen LogP contribution < -0.4 is 20.1 Å². The highest BCUT2D eigenvalue weighted by Crippen LogP contribution is 2.19. The zero-order valence-electron chi connectivity index (χ0n) is 16.8.